The van der Waals surface area contributed by atoms with Crippen LogP contribution in [0.2, 0.25) is 0 Å². The van der Waals surface area contributed by atoms with Gasteiger partial charge in [0.05, 0.1) is 5.71 Å². The van der Waals surface area contributed by atoms with Crippen molar-refractivity contribution in [2.24, 2.45) is 10.9 Å². The highest BCUT2D eigenvalue weighted by atomic mass is 14.9. The quantitative estimate of drug-likeness (QED) is 0.664. The molecular weight excluding hydrogens is 174 g/mol. The third-order valence-corrected chi connectivity index (χ3v) is 2.17. The standard InChI is InChI=1S/C8H14N2.C3H7N/c1-4-7(3)8(9)6-10-5-2;1-2-4-3-1/h5-7,9H,2,4H2,1,3H3;4H,1-3H2. The van der Waals surface area contributed by atoms with Crippen LogP contribution in [0.3, 0.4) is 0 Å². The summed E-state index contributed by atoms with van der Waals surface area (Å²) >= 11 is 0. The number of hydrogen-bond donors (Lipinski definition) is 2. The predicted octanol–water partition coefficient (Wildman–Crippen LogP) is 2.25. The lowest BCUT2D eigenvalue weighted by molar-refractivity contribution is 0.527. The van der Waals surface area contributed by atoms with Crippen molar-refractivity contribution >= 4 is 11.9 Å². The lowest BCUT2D eigenvalue weighted by Gasteiger charge is -2.09. The molecule has 1 fully saturated rings. The summed E-state index contributed by atoms with van der Waals surface area (Å²) < 4.78 is 0. The summed E-state index contributed by atoms with van der Waals surface area (Å²) in [6.07, 6.45) is 5.36. The van der Waals surface area contributed by atoms with E-state index in [1.165, 1.54) is 25.7 Å². The number of aliphatic imine (C=N–C) groups is 1. The van der Waals surface area contributed by atoms with Gasteiger partial charge in [-0.15, -0.1) is 0 Å². The van der Waals surface area contributed by atoms with Crippen LogP contribution in [0.5, 0.6) is 0 Å². The summed E-state index contributed by atoms with van der Waals surface area (Å²) in [6, 6.07) is 0. The van der Waals surface area contributed by atoms with Gasteiger partial charge in [-0.1, -0.05) is 20.4 Å². The first-order chi connectivity index (χ1) is 6.72. The molecule has 1 aliphatic rings. The highest BCUT2D eigenvalue weighted by Crippen LogP contribution is 2.00. The van der Waals surface area contributed by atoms with Crippen molar-refractivity contribution in [3.8, 4) is 0 Å². The molecule has 0 aliphatic carbocycles. The molecule has 0 bridgehead atoms. The maximum Gasteiger partial charge on any atom is 0.0524 e. The van der Waals surface area contributed by atoms with E-state index in [4.69, 9.17) is 5.41 Å². The molecule has 1 saturated heterocycles. The number of rotatable bonds is 4. The average molecular weight is 195 g/mol. The molecule has 80 valence electrons. The Morgan fingerprint density at radius 3 is 2.43 bits per heavy atom. The normalized spacial score (nSPS) is 16.4. The zero-order valence-corrected chi connectivity index (χ0v) is 9.21. The van der Waals surface area contributed by atoms with E-state index in [0.29, 0.717) is 11.6 Å². The van der Waals surface area contributed by atoms with Crippen molar-refractivity contribution in [2.75, 3.05) is 13.1 Å². The first kappa shape index (κ1) is 13.0. The van der Waals surface area contributed by atoms with E-state index in [1.807, 2.05) is 6.92 Å². The smallest absolute Gasteiger partial charge is 0.0524 e. The van der Waals surface area contributed by atoms with Crippen molar-refractivity contribution in [1.82, 2.24) is 5.32 Å². The van der Waals surface area contributed by atoms with E-state index >= 15 is 0 Å². The average Bonchev–Trinajstić information content (AvgIpc) is 2.10. The topological polar surface area (TPSA) is 48.2 Å². The molecule has 1 rings (SSSR count). The minimum atomic E-state index is 0.309. The molecule has 1 heterocycles. The van der Waals surface area contributed by atoms with Crippen LogP contribution in [0, 0.1) is 11.3 Å². The molecule has 3 nitrogen and oxygen atoms in total. The molecule has 0 aromatic heterocycles. The van der Waals surface area contributed by atoms with Crippen LogP contribution in [0.1, 0.15) is 26.7 Å². The SMILES string of the molecule is C1CNC1.C=CN=CC(=N)C(C)CC. The molecule has 0 amide bonds. The van der Waals surface area contributed by atoms with Gasteiger partial charge in [0.15, 0.2) is 0 Å². The fraction of sp³-hybridized carbons (Fsp3) is 0.636. The lowest BCUT2D eigenvalue weighted by atomic mass is 10.0. The van der Waals surface area contributed by atoms with Crippen LogP contribution in [-0.2, 0) is 0 Å². The van der Waals surface area contributed by atoms with Gasteiger partial charge < -0.3 is 10.7 Å². The van der Waals surface area contributed by atoms with Crippen molar-refractivity contribution in [3.05, 3.63) is 12.8 Å². The molecule has 1 unspecified atom stereocenters. The highest BCUT2D eigenvalue weighted by molar-refractivity contribution is 6.30. The Morgan fingerprint density at radius 2 is 2.14 bits per heavy atom. The van der Waals surface area contributed by atoms with E-state index < -0.39 is 0 Å². The predicted molar refractivity (Wildman–Crippen MR) is 63.4 cm³/mol. The summed E-state index contributed by atoms with van der Waals surface area (Å²) in [6.45, 7) is 9.99. The largest absolute Gasteiger partial charge is 0.317 e. The van der Waals surface area contributed by atoms with Crippen molar-refractivity contribution < 1.29 is 0 Å². The van der Waals surface area contributed by atoms with Gasteiger partial charge in [0.1, 0.15) is 0 Å². The second-order valence-electron chi connectivity index (χ2n) is 3.33. The Balaban J connectivity index is 0.000000344. The third kappa shape index (κ3) is 6.54. The maximum absolute atomic E-state index is 7.40. The zero-order valence-electron chi connectivity index (χ0n) is 9.21. The summed E-state index contributed by atoms with van der Waals surface area (Å²) in [4.78, 5) is 3.76. The first-order valence-electron chi connectivity index (χ1n) is 5.15. The van der Waals surface area contributed by atoms with Gasteiger partial charge in [-0.2, -0.15) is 0 Å². The molecule has 1 atom stereocenters. The van der Waals surface area contributed by atoms with E-state index in [2.05, 4.69) is 23.8 Å². The Hall–Kier alpha value is -0.960. The van der Waals surface area contributed by atoms with Crippen LogP contribution in [0.15, 0.2) is 17.8 Å². The van der Waals surface area contributed by atoms with Gasteiger partial charge in [0.2, 0.25) is 0 Å². The molecule has 2 N–H and O–H groups in total. The van der Waals surface area contributed by atoms with Crippen LogP contribution in [-0.4, -0.2) is 25.0 Å². The van der Waals surface area contributed by atoms with E-state index in [9.17, 15) is 0 Å². The molecule has 0 aromatic carbocycles. The van der Waals surface area contributed by atoms with Crippen LogP contribution in [0.25, 0.3) is 0 Å². The summed E-state index contributed by atoms with van der Waals surface area (Å²) in [5.74, 6) is 0.309. The van der Waals surface area contributed by atoms with Gasteiger partial charge in [-0.05, 0) is 31.8 Å². The molecule has 0 spiro atoms. The second-order valence-corrected chi connectivity index (χ2v) is 3.33. The fourth-order valence-corrected chi connectivity index (χ4v) is 0.657. The minimum Gasteiger partial charge on any atom is -0.317 e. The summed E-state index contributed by atoms with van der Waals surface area (Å²) in [5, 5.41) is 10.5. The molecule has 14 heavy (non-hydrogen) atoms. The van der Waals surface area contributed by atoms with Crippen LogP contribution < -0.4 is 5.32 Å². The number of nitrogens with one attached hydrogen (secondary N) is 2. The lowest BCUT2D eigenvalue weighted by Crippen LogP contribution is -2.29. The van der Waals surface area contributed by atoms with Crippen molar-refractivity contribution in [1.29, 1.82) is 5.41 Å². The van der Waals surface area contributed by atoms with Crippen LogP contribution >= 0.6 is 0 Å². The Morgan fingerprint density at radius 1 is 1.64 bits per heavy atom. The van der Waals surface area contributed by atoms with E-state index in [-0.39, 0.29) is 0 Å². The van der Waals surface area contributed by atoms with Gasteiger partial charge in [0.25, 0.3) is 0 Å². The van der Waals surface area contributed by atoms with E-state index in [0.717, 1.165) is 6.42 Å². The second kappa shape index (κ2) is 8.63. The number of hydrogen-bond acceptors (Lipinski definition) is 3. The van der Waals surface area contributed by atoms with Crippen LogP contribution in [0.4, 0.5) is 0 Å². The first-order valence-corrected chi connectivity index (χ1v) is 5.15. The van der Waals surface area contributed by atoms with Crippen molar-refractivity contribution in [2.45, 2.75) is 26.7 Å². The molecular formula is C11H21N3. The maximum atomic E-state index is 7.40. The molecule has 0 saturated carbocycles. The Kier molecular flexibility index (Phi) is 8.04. The minimum absolute atomic E-state index is 0.309. The van der Waals surface area contributed by atoms with E-state index in [1.54, 1.807) is 6.21 Å². The number of nitrogens with zero attached hydrogens (tertiary/aromatic N) is 1. The van der Waals surface area contributed by atoms with Crippen molar-refractivity contribution in [3.63, 3.8) is 0 Å². The third-order valence-electron chi connectivity index (χ3n) is 2.17. The summed E-state index contributed by atoms with van der Waals surface area (Å²) in [7, 11) is 0. The molecule has 1 aliphatic heterocycles. The fourth-order valence-electron chi connectivity index (χ4n) is 0.657. The van der Waals surface area contributed by atoms with Gasteiger partial charge in [0, 0.05) is 12.4 Å². The Bertz CT molecular complexity index is 189. The highest BCUT2D eigenvalue weighted by Gasteiger charge is 2.01. The molecule has 0 radical (unpaired) electrons. The van der Waals surface area contributed by atoms with Gasteiger partial charge >= 0.3 is 0 Å². The Labute approximate surface area is 86.8 Å². The monoisotopic (exact) mass is 195 g/mol. The summed E-state index contributed by atoms with van der Waals surface area (Å²) in [5.41, 5.74) is 0.572. The zero-order chi connectivity index (χ0) is 10.8. The van der Waals surface area contributed by atoms with Gasteiger partial charge in [-0.3, -0.25) is 4.99 Å². The van der Waals surface area contributed by atoms with Gasteiger partial charge in [-0.25, -0.2) is 0 Å². The molecule has 0 aromatic rings. The molecule has 3 heteroatoms.